The minimum absolute atomic E-state index is 0.138. The summed E-state index contributed by atoms with van der Waals surface area (Å²) in [6.07, 6.45) is 6.19. The van der Waals surface area contributed by atoms with E-state index in [0.29, 0.717) is 24.4 Å². The third-order valence-electron chi connectivity index (χ3n) is 4.35. The van der Waals surface area contributed by atoms with Crippen molar-refractivity contribution in [2.24, 2.45) is 0 Å². The molecule has 1 N–H and O–H groups in total. The molecule has 2 aromatic rings. The molecule has 1 aromatic carbocycles. The first-order chi connectivity index (χ1) is 12.1. The Labute approximate surface area is 149 Å². The second-order valence-electron chi connectivity index (χ2n) is 6.28. The summed E-state index contributed by atoms with van der Waals surface area (Å²) < 4.78 is 13.0. The summed E-state index contributed by atoms with van der Waals surface area (Å²) in [7, 11) is 1.50. The van der Waals surface area contributed by atoms with Crippen LogP contribution in [0.25, 0.3) is 10.9 Å². The molecule has 0 radical (unpaired) electrons. The number of methoxy groups -OCH3 is 1. The Morgan fingerprint density at radius 3 is 2.48 bits per heavy atom. The minimum atomic E-state index is -0.205. The third kappa shape index (κ3) is 4.47. The highest BCUT2D eigenvalue weighted by Crippen LogP contribution is 2.34. The van der Waals surface area contributed by atoms with Crippen LogP contribution in [0, 0.1) is 0 Å². The molecule has 0 aliphatic carbocycles. The first-order valence-electron chi connectivity index (χ1n) is 9.20. The molecule has 0 fully saturated rings. The summed E-state index contributed by atoms with van der Waals surface area (Å²) in [6.45, 7) is 5.38. The molecule has 0 spiro atoms. The van der Waals surface area contributed by atoms with Gasteiger partial charge in [-0.1, -0.05) is 39.5 Å². The lowest BCUT2D eigenvalue weighted by atomic mass is 10.1. The van der Waals surface area contributed by atoms with E-state index in [-0.39, 0.29) is 17.1 Å². The maximum absolute atomic E-state index is 12.9. The van der Waals surface area contributed by atoms with Gasteiger partial charge in [-0.25, -0.2) is 0 Å². The maximum atomic E-state index is 12.9. The molecular formula is C20H29NO4. The standard InChI is InChI=1S/C20H29NO4/c1-4-6-8-9-12-21-17-14-15(22)10-11-16(17)18(25-13-7-5-2)19(24-3)20(21)23/h10-11,14,22H,4-9,12-13H2,1-3H3. The zero-order valence-corrected chi connectivity index (χ0v) is 15.5. The number of rotatable bonds is 10. The largest absolute Gasteiger partial charge is 0.508 e. The number of ether oxygens (including phenoxy) is 2. The highest BCUT2D eigenvalue weighted by molar-refractivity contribution is 5.89. The second kappa shape index (κ2) is 9.35. The van der Waals surface area contributed by atoms with Gasteiger partial charge in [0.15, 0.2) is 5.75 Å². The molecule has 0 aliphatic heterocycles. The normalized spacial score (nSPS) is 11.0. The Bertz CT molecular complexity index is 751. The molecule has 25 heavy (non-hydrogen) atoms. The van der Waals surface area contributed by atoms with Gasteiger partial charge in [-0.2, -0.15) is 0 Å². The molecular weight excluding hydrogens is 318 g/mol. The molecule has 0 saturated heterocycles. The summed E-state index contributed by atoms with van der Waals surface area (Å²) in [5.41, 5.74) is 0.484. The van der Waals surface area contributed by atoms with Crippen molar-refractivity contribution in [3.8, 4) is 17.2 Å². The summed E-state index contributed by atoms with van der Waals surface area (Å²) in [6, 6.07) is 5.03. The van der Waals surface area contributed by atoms with Crippen molar-refractivity contribution in [1.29, 1.82) is 0 Å². The molecule has 0 unspecified atom stereocenters. The fraction of sp³-hybridized carbons (Fsp3) is 0.550. The Hall–Kier alpha value is -2.17. The summed E-state index contributed by atoms with van der Waals surface area (Å²) >= 11 is 0. The lowest BCUT2D eigenvalue weighted by Gasteiger charge is -2.17. The molecule has 5 heteroatoms. The van der Waals surface area contributed by atoms with Crippen LogP contribution >= 0.6 is 0 Å². The molecule has 2 rings (SSSR count). The number of phenols is 1. The number of unbranched alkanes of at least 4 members (excludes halogenated alkanes) is 4. The average molecular weight is 347 g/mol. The number of nitrogens with zero attached hydrogens (tertiary/aromatic N) is 1. The number of hydrogen-bond acceptors (Lipinski definition) is 4. The van der Waals surface area contributed by atoms with Gasteiger partial charge in [0.25, 0.3) is 5.56 Å². The summed E-state index contributed by atoms with van der Waals surface area (Å²) in [4.78, 5) is 12.9. The van der Waals surface area contributed by atoms with Gasteiger partial charge in [0, 0.05) is 18.0 Å². The van der Waals surface area contributed by atoms with Crippen LogP contribution in [0.15, 0.2) is 23.0 Å². The average Bonchev–Trinajstić information content (AvgIpc) is 2.60. The van der Waals surface area contributed by atoms with Gasteiger partial charge in [0.05, 0.1) is 19.2 Å². The highest BCUT2D eigenvalue weighted by Gasteiger charge is 2.19. The Balaban J connectivity index is 2.52. The molecule has 5 nitrogen and oxygen atoms in total. The number of aromatic hydroxyl groups is 1. The van der Waals surface area contributed by atoms with Crippen LogP contribution in [0.1, 0.15) is 52.4 Å². The van der Waals surface area contributed by atoms with E-state index in [1.807, 2.05) is 0 Å². The quantitative estimate of drug-likeness (QED) is 0.644. The Morgan fingerprint density at radius 1 is 1.04 bits per heavy atom. The van der Waals surface area contributed by atoms with E-state index in [0.717, 1.165) is 43.9 Å². The summed E-state index contributed by atoms with van der Waals surface area (Å²) in [5.74, 6) is 0.851. The lowest BCUT2D eigenvalue weighted by molar-refractivity contribution is 0.288. The predicted molar refractivity (Wildman–Crippen MR) is 101 cm³/mol. The number of phenolic OH excluding ortho intramolecular Hbond substituents is 1. The molecule has 1 heterocycles. The zero-order chi connectivity index (χ0) is 18.2. The third-order valence-corrected chi connectivity index (χ3v) is 4.35. The van der Waals surface area contributed by atoms with Gasteiger partial charge in [0.2, 0.25) is 5.75 Å². The first-order valence-corrected chi connectivity index (χ1v) is 9.20. The van der Waals surface area contributed by atoms with Gasteiger partial charge < -0.3 is 19.1 Å². The molecule has 0 bridgehead atoms. The number of hydrogen-bond donors (Lipinski definition) is 1. The van der Waals surface area contributed by atoms with Gasteiger partial charge in [-0.3, -0.25) is 4.79 Å². The van der Waals surface area contributed by atoms with E-state index in [1.54, 1.807) is 22.8 Å². The minimum Gasteiger partial charge on any atom is -0.508 e. The number of pyridine rings is 1. The van der Waals surface area contributed by atoms with Crippen molar-refractivity contribution >= 4 is 10.9 Å². The molecule has 138 valence electrons. The molecule has 0 atom stereocenters. The molecule has 1 aromatic heterocycles. The number of aryl methyl sites for hydroxylation is 1. The monoisotopic (exact) mass is 347 g/mol. The Morgan fingerprint density at radius 2 is 1.80 bits per heavy atom. The zero-order valence-electron chi connectivity index (χ0n) is 15.5. The fourth-order valence-corrected chi connectivity index (χ4v) is 2.95. The van der Waals surface area contributed by atoms with Gasteiger partial charge in [-0.15, -0.1) is 0 Å². The van der Waals surface area contributed by atoms with E-state index in [2.05, 4.69) is 13.8 Å². The summed E-state index contributed by atoms with van der Waals surface area (Å²) in [5, 5.41) is 10.7. The fourth-order valence-electron chi connectivity index (χ4n) is 2.95. The van der Waals surface area contributed by atoms with Crippen LogP contribution < -0.4 is 15.0 Å². The van der Waals surface area contributed by atoms with Crippen LogP contribution in [-0.2, 0) is 6.54 Å². The van der Waals surface area contributed by atoms with E-state index < -0.39 is 0 Å². The van der Waals surface area contributed by atoms with Crippen molar-refractivity contribution in [2.45, 2.75) is 58.9 Å². The van der Waals surface area contributed by atoms with Crippen LogP contribution in [0.5, 0.6) is 17.2 Å². The SMILES string of the molecule is CCCCCCn1c(=O)c(OC)c(OCCCC)c2ccc(O)cc21. The van der Waals surface area contributed by atoms with Gasteiger partial charge in [-0.05, 0) is 25.0 Å². The lowest BCUT2D eigenvalue weighted by Crippen LogP contribution is -2.23. The Kier molecular flexibility index (Phi) is 7.16. The molecule has 0 saturated carbocycles. The van der Waals surface area contributed by atoms with Crippen molar-refractivity contribution in [3.05, 3.63) is 28.6 Å². The van der Waals surface area contributed by atoms with Crippen molar-refractivity contribution in [2.75, 3.05) is 13.7 Å². The first kappa shape index (κ1) is 19.2. The van der Waals surface area contributed by atoms with E-state index >= 15 is 0 Å². The van der Waals surface area contributed by atoms with Crippen LogP contribution in [0.4, 0.5) is 0 Å². The van der Waals surface area contributed by atoms with Crippen LogP contribution in [0.3, 0.4) is 0 Å². The number of benzene rings is 1. The molecule has 0 aliphatic rings. The highest BCUT2D eigenvalue weighted by atomic mass is 16.5. The van der Waals surface area contributed by atoms with Gasteiger partial charge in [0.1, 0.15) is 5.75 Å². The second-order valence-corrected chi connectivity index (χ2v) is 6.28. The smallest absolute Gasteiger partial charge is 0.297 e. The van der Waals surface area contributed by atoms with Crippen LogP contribution in [-0.4, -0.2) is 23.4 Å². The van der Waals surface area contributed by atoms with E-state index in [1.165, 1.54) is 7.11 Å². The van der Waals surface area contributed by atoms with E-state index in [9.17, 15) is 9.90 Å². The number of fused-ring (bicyclic) bond motifs is 1. The van der Waals surface area contributed by atoms with Crippen molar-refractivity contribution in [1.82, 2.24) is 4.57 Å². The van der Waals surface area contributed by atoms with Gasteiger partial charge >= 0.3 is 0 Å². The van der Waals surface area contributed by atoms with E-state index in [4.69, 9.17) is 9.47 Å². The van der Waals surface area contributed by atoms with Crippen molar-refractivity contribution < 1.29 is 14.6 Å². The molecule has 0 amide bonds. The van der Waals surface area contributed by atoms with Crippen LogP contribution in [0.2, 0.25) is 0 Å². The topological polar surface area (TPSA) is 60.7 Å². The maximum Gasteiger partial charge on any atom is 0.297 e. The van der Waals surface area contributed by atoms with Crippen molar-refractivity contribution in [3.63, 3.8) is 0 Å². The predicted octanol–water partition coefficient (Wildman–Crippen LogP) is 4.47. The number of aromatic nitrogens is 1.